The number of carbonyl (C=O) groups excluding carboxylic acids is 2. The highest BCUT2D eigenvalue weighted by Crippen LogP contribution is 2.38. The largest absolute Gasteiger partial charge is 0.416 e. The van der Waals surface area contributed by atoms with E-state index in [0.717, 1.165) is 29.3 Å². The molecule has 2 amide bonds. The number of allylic oxidation sites excluding steroid dienone is 1. The van der Waals surface area contributed by atoms with Gasteiger partial charge in [-0.3, -0.25) is 13.9 Å². The zero-order valence-electron chi connectivity index (χ0n) is 24.1. The number of carbonyl (C=O) groups is 2. The molecule has 1 spiro atoms. The minimum absolute atomic E-state index is 0.0654. The van der Waals surface area contributed by atoms with Crippen LogP contribution in [0.1, 0.15) is 48.0 Å². The van der Waals surface area contributed by atoms with Crippen LogP contribution in [0.25, 0.3) is 0 Å². The second kappa shape index (κ2) is 12.3. The number of anilines is 1. The number of amides is 2. The Hall–Kier alpha value is -3.38. The van der Waals surface area contributed by atoms with Crippen molar-refractivity contribution < 1.29 is 31.2 Å². The lowest BCUT2D eigenvalue weighted by Crippen LogP contribution is -2.52. The quantitative estimate of drug-likeness (QED) is 0.474. The first kappa shape index (κ1) is 31.1. The molecule has 0 radical (unpaired) electrons. The maximum atomic E-state index is 14.0. The fraction of sp³-hybridized carbons (Fsp3) is 0.484. The first-order valence-electron chi connectivity index (χ1n) is 14.6. The van der Waals surface area contributed by atoms with Crippen LogP contribution >= 0.6 is 0 Å². The van der Waals surface area contributed by atoms with Gasteiger partial charge in [-0.1, -0.05) is 24.3 Å². The number of piperidine rings is 2. The summed E-state index contributed by atoms with van der Waals surface area (Å²) in [5.41, 5.74) is -1.63. The van der Waals surface area contributed by atoms with E-state index in [1.54, 1.807) is 24.1 Å². The molecule has 2 aromatic carbocycles. The van der Waals surface area contributed by atoms with E-state index in [-0.39, 0.29) is 40.4 Å². The van der Waals surface area contributed by atoms with Crippen molar-refractivity contribution in [3.8, 4) is 0 Å². The third-order valence-corrected chi connectivity index (χ3v) is 10.6. The smallest absolute Gasteiger partial charge is 0.342 e. The van der Waals surface area contributed by atoms with Gasteiger partial charge in [-0.05, 0) is 87.5 Å². The number of hydrogen-bond donors (Lipinski definition) is 1. The Bertz CT molecular complexity index is 1490. The van der Waals surface area contributed by atoms with Gasteiger partial charge in [0.2, 0.25) is 5.91 Å². The van der Waals surface area contributed by atoms with Crippen molar-refractivity contribution >= 4 is 27.5 Å². The lowest BCUT2D eigenvalue weighted by atomic mass is 9.74. The summed E-state index contributed by atoms with van der Waals surface area (Å²) in [5, 5.41) is 3.31. The van der Waals surface area contributed by atoms with Crippen LogP contribution in [-0.2, 0) is 21.0 Å². The Morgan fingerprint density at radius 1 is 0.977 bits per heavy atom. The predicted octanol–water partition coefficient (Wildman–Crippen LogP) is 4.54. The summed E-state index contributed by atoms with van der Waals surface area (Å²) in [6.45, 7) is 2.70. The molecule has 232 valence electrons. The highest BCUT2D eigenvalue weighted by molar-refractivity contribution is 7.92. The standard InChI is InChI=1S/C31H37F3N4O4S/c1-36-21-23-7-6-17-37(22-23)29(40)30(13-15-35-16-14-30)12-2-3-18-38(26-10-5-9-25(20-26)31(32,33)34)43(41,42)27-11-4-8-24(19-27)28(36)39/h2-5,8-11,19-20,23,35H,6-7,12-18,21-22H2,1H3/b3-2+. The minimum atomic E-state index is -4.67. The molecule has 3 heterocycles. The summed E-state index contributed by atoms with van der Waals surface area (Å²) in [6.07, 6.45) is 2.06. The first-order chi connectivity index (χ1) is 20.4. The molecule has 5 rings (SSSR count). The molecule has 0 aromatic heterocycles. The van der Waals surface area contributed by atoms with E-state index >= 15 is 0 Å². The van der Waals surface area contributed by atoms with Gasteiger partial charge in [0.05, 0.1) is 28.1 Å². The summed E-state index contributed by atoms with van der Waals surface area (Å²) in [7, 11) is -2.73. The lowest BCUT2D eigenvalue weighted by Gasteiger charge is -2.43. The van der Waals surface area contributed by atoms with Crippen molar-refractivity contribution in [2.24, 2.45) is 11.3 Å². The van der Waals surface area contributed by atoms with Gasteiger partial charge < -0.3 is 15.1 Å². The van der Waals surface area contributed by atoms with Crippen LogP contribution in [0.2, 0.25) is 0 Å². The molecule has 2 saturated heterocycles. The molecule has 12 heteroatoms. The fourth-order valence-corrected chi connectivity index (χ4v) is 7.87. The number of sulfonamides is 1. The molecule has 1 N–H and O–H groups in total. The molecule has 2 aromatic rings. The Labute approximate surface area is 250 Å². The van der Waals surface area contributed by atoms with Crippen molar-refractivity contribution in [2.45, 2.75) is 43.2 Å². The highest BCUT2D eigenvalue weighted by atomic mass is 32.2. The Kier molecular flexibility index (Phi) is 8.89. The summed E-state index contributed by atoms with van der Waals surface area (Å²) in [4.78, 5) is 30.7. The molecule has 0 aliphatic carbocycles. The topological polar surface area (TPSA) is 90.0 Å². The van der Waals surface area contributed by atoms with Gasteiger partial charge in [0.1, 0.15) is 0 Å². The third kappa shape index (κ3) is 6.59. The molecular formula is C31H37F3N4O4S. The Morgan fingerprint density at radius 2 is 1.72 bits per heavy atom. The first-order valence-corrected chi connectivity index (χ1v) is 16.1. The van der Waals surface area contributed by atoms with Gasteiger partial charge in [-0.25, -0.2) is 8.42 Å². The van der Waals surface area contributed by atoms with Crippen molar-refractivity contribution in [3.05, 3.63) is 71.8 Å². The van der Waals surface area contributed by atoms with Crippen molar-refractivity contribution in [2.75, 3.05) is 50.6 Å². The van der Waals surface area contributed by atoms with Crippen LogP contribution in [0.4, 0.5) is 18.9 Å². The highest BCUT2D eigenvalue weighted by Gasteiger charge is 2.42. The molecule has 8 nitrogen and oxygen atoms in total. The molecule has 0 saturated carbocycles. The van der Waals surface area contributed by atoms with Crippen molar-refractivity contribution in [1.29, 1.82) is 0 Å². The summed E-state index contributed by atoms with van der Waals surface area (Å²) >= 11 is 0. The minimum Gasteiger partial charge on any atom is -0.342 e. The van der Waals surface area contributed by atoms with Crippen LogP contribution in [-0.4, -0.2) is 76.3 Å². The second-order valence-corrected chi connectivity index (χ2v) is 13.6. The van der Waals surface area contributed by atoms with Crippen molar-refractivity contribution in [3.63, 3.8) is 0 Å². The lowest BCUT2D eigenvalue weighted by molar-refractivity contribution is -0.145. The average Bonchev–Trinajstić information content (AvgIpc) is 3.00. The van der Waals surface area contributed by atoms with Gasteiger partial charge in [0.15, 0.2) is 0 Å². The number of nitrogens with zero attached hydrogens (tertiary/aromatic N) is 3. The Balaban J connectivity index is 1.59. The van der Waals surface area contributed by atoms with E-state index in [9.17, 15) is 31.2 Å². The summed E-state index contributed by atoms with van der Waals surface area (Å²) < 4.78 is 69.7. The third-order valence-electron chi connectivity index (χ3n) is 8.78. The summed E-state index contributed by atoms with van der Waals surface area (Å²) in [5.74, 6) is -0.222. The maximum absolute atomic E-state index is 14.0. The number of hydrogen-bond acceptors (Lipinski definition) is 5. The fourth-order valence-electron chi connectivity index (χ4n) is 6.41. The predicted molar refractivity (Wildman–Crippen MR) is 157 cm³/mol. The number of nitrogens with one attached hydrogen (secondary N) is 1. The van der Waals surface area contributed by atoms with Crippen molar-refractivity contribution in [1.82, 2.24) is 15.1 Å². The van der Waals surface area contributed by atoms with E-state index in [0.29, 0.717) is 52.0 Å². The number of rotatable bonds is 1. The maximum Gasteiger partial charge on any atom is 0.416 e. The van der Waals surface area contributed by atoms with E-state index in [4.69, 9.17) is 0 Å². The number of fused-ring (bicyclic) bond motifs is 4. The SMILES string of the molecule is CN1CC2CCCN(C2)C(=O)C2(C/C=C/CN(c3cccc(C(F)(F)F)c3)S(=O)(=O)c3cccc(c3)C1=O)CCNCC2. The molecular weight excluding hydrogens is 581 g/mol. The van der Waals surface area contributed by atoms with Gasteiger partial charge in [0.25, 0.3) is 15.9 Å². The number of halogens is 3. The molecule has 1 atom stereocenters. The monoisotopic (exact) mass is 618 g/mol. The second-order valence-electron chi connectivity index (χ2n) is 11.8. The van der Waals surface area contributed by atoms with E-state index in [2.05, 4.69) is 5.32 Å². The van der Waals surface area contributed by atoms with Crippen LogP contribution in [0.5, 0.6) is 0 Å². The van der Waals surface area contributed by atoms with E-state index in [1.807, 2.05) is 4.90 Å². The van der Waals surface area contributed by atoms with Gasteiger partial charge in [-0.2, -0.15) is 13.2 Å². The number of benzene rings is 2. The molecule has 2 fully saturated rings. The van der Waals surface area contributed by atoms with E-state index in [1.165, 1.54) is 36.4 Å². The van der Waals surface area contributed by atoms with Crippen LogP contribution in [0.15, 0.2) is 65.6 Å². The van der Waals surface area contributed by atoms with Crippen LogP contribution < -0.4 is 9.62 Å². The van der Waals surface area contributed by atoms with E-state index < -0.39 is 27.2 Å². The van der Waals surface area contributed by atoms with Gasteiger partial charge in [0, 0.05) is 32.2 Å². The molecule has 4 bridgehead atoms. The van der Waals surface area contributed by atoms with Gasteiger partial charge in [-0.15, -0.1) is 0 Å². The van der Waals surface area contributed by atoms with Crippen LogP contribution in [0.3, 0.4) is 0 Å². The number of alkyl halides is 3. The molecule has 1 unspecified atom stereocenters. The molecule has 43 heavy (non-hydrogen) atoms. The zero-order chi connectivity index (χ0) is 30.8. The normalized spacial score (nSPS) is 24.1. The van der Waals surface area contributed by atoms with Gasteiger partial charge >= 0.3 is 6.18 Å². The zero-order valence-corrected chi connectivity index (χ0v) is 25.0. The van der Waals surface area contributed by atoms with Crippen LogP contribution in [0, 0.1) is 11.3 Å². The Morgan fingerprint density at radius 3 is 2.47 bits per heavy atom. The molecule has 3 aliphatic heterocycles. The summed E-state index contributed by atoms with van der Waals surface area (Å²) in [6, 6.07) is 9.79. The molecule has 3 aliphatic rings. The average molecular weight is 619 g/mol.